The van der Waals surface area contributed by atoms with Crippen LogP contribution in [0.5, 0.6) is 0 Å². The number of nitrogens with one attached hydrogen (secondary N) is 1. The number of hydrogen-bond donors (Lipinski definition) is 1. The van der Waals surface area contributed by atoms with Gasteiger partial charge in [-0.2, -0.15) is 0 Å². The van der Waals surface area contributed by atoms with Crippen molar-refractivity contribution in [1.82, 2.24) is 4.90 Å². The normalized spacial score (nSPS) is 10.6. The third kappa shape index (κ3) is 7.82. The van der Waals surface area contributed by atoms with Gasteiger partial charge in [0.15, 0.2) is 0 Å². The third-order valence-corrected chi connectivity index (χ3v) is 5.19. The number of unbranched alkanes of at least 4 members (excludes halogenated alkanes) is 5. The van der Waals surface area contributed by atoms with Crippen LogP contribution in [0.3, 0.4) is 0 Å². The quantitative estimate of drug-likeness (QED) is 0.409. The maximum atomic E-state index is 12.8. The van der Waals surface area contributed by atoms with E-state index in [1.54, 1.807) is 18.2 Å². The zero-order chi connectivity index (χ0) is 19.5. The Labute approximate surface area is 172 Å². The van der Waals surface area contributed by atoms with Crippen molar-refractivity contribution in [3.63, 3.8) is 0 Å². The second-order valence-corrected chi connectivity index (χ2v) is 7.55. The molecule has 2 amide bonds. The molecule has 0 fully saturated rings. The number of benzene rings is 2. The Morgan fingerprint density at radius 2 is 1.63 bits per heavy atom. The van der Waals surface area contributed by atoms with Gasteiger partial charge in [-0.15, -0.1) is 0 Å². The lowest BCUT2D eigenvalue weighted by molar-refractivity contribution is 0.207. The summed E-state index contributed by atoms with van der Waals surface area (Å²) in [4.78, 5) is 14.7. The highest BCUT2D eigenvalue weighted by Crippen LogP contribution is 2.25. The highest BCUT2D eigenvalue weighted by Gasteiger charge is 2.14. The third-order valence-electron chi connectivity index (χ3n) is 4.46. The number of rotatable bonds is 10. The minimum Gasteiger partial charge on any atom is -0.320 e. The average Bonchev–Trinajstić information content (AvgIpc) is 2.67. The maximum Gasteiger partial charge on any atom is 0.322 e. The molecule has 0 aromatic heterocycles. The van der Waals surface area contributed by atoms with Crippen molar-refractivity contribution in [3.05, 3.63) is 64.1 Å². The Morgan fingerprint density at radius 1 is 0.926 bits per heavy atom. The molecular weight excluding hydrogens is 379 g/mol. The number of amides is 2. The molecule has 0 saturated heterocycles. The van der Waals surface area contributed by atoms with E-state index in [0.717, 1.165) is 24.9 Å². The highest BCUT2D eigenvalue weighted by molar-refractivity contribution is 6.42. The molecule has 0 spiro atoms. The molecule has 2 rings (SSSR count). The Hall–Kier alpha value is -1.71. The molecular formula is C22H28Cl2N2O. The summed E-state index contributed by atoms with van der Waals surface area (Å²) >= 11 is 12.0. The standard InChI is InChI=1S/C22H28Cl2N2O/c1-2-3-4-5-6-10-15-26(17-18-11-8-7-9-12-18)22(27)25-19-13-14-20(23)21(24)16-19/h7-9,11-14,16H,2-6,10,15,17H2,1H3,(H,25,27). The van der Waals surface area contributed by atoms with E-state index in [1.165, 1.54) is 25.7 Å². The smallest absolute Gasteiger partial charge is 0.320 e. The predicted molar refractivity (Wildman–Crippen MR) is 116 cm³/mol. The Bertz CT molecular complexity index is 707. The first-order valence-corrected chi connectivity index (χ1v) is 10.4. The lowest BCUT2D eigenvalue weighted by atomic mass is 10.1. The van der Waals surface area contributed by atoms with Crippen molar-refractivity contribution in [2.24, 2.45) is 0 Å². The van der Waals surface area contributed by atoms with E-state index < -0.39 is 0 Å². The highest BCUT2D eigenvalue weighted by atomic mass is 35.5. The van der Waals surface area contributed by atoms with Gasteiger partial charge >= 0.3 is 6.03 Å². The summed E-state index contributed by atoms with van der Waals surface area (Å²) in [6, 6.07) is 15.1. The topological polar surface area (TPSA) is 32.3 Å². The summed E-state index contributed by atoms with van der Waals surface area (Å²) in [5.74, 6) is 0. The van der Waals surface area contributed by atoms with Crippen molar-refractivity contribution in [2.75, 3.05) is 11.9 Å². The van der Waals surface area contributed by atoms with Gasteiger partial charge in [-0.25, -0.2) is 4.79 Å². The molecule has 0 bridgehead atoms. The predicted octanol–water partition coefficient (Wildman–Crippen LogP) is 7.39. The molecule has 2 aromatic carbocycles. The van der Waals surface area contributed by atoms with Gasteiger partial charge in [0.25, 0.3) is 0 Å². The molecule has 1 N–H and O–H groups in total. The molecule has 3 nitrogen and oxygen atoms in total. The van der Waals surface area contributed by atoms with Crippen LogP contribution >= 0.6 is 23.2 Å². The van der Waals surface area contributed by atoms with Crippen molar-refractivity contribution in [1.29, 1.82) is 0 Å². The monoisotopic (exact) mass is 406 g/mol. The van der Waals surface area contributed by atoms with Gasteiger partial charge in [0, 0.05) is 18.8 Å². The number of hydrogen-bond acceptors (Lipinski definition) is 1. The van der Waals surface area contributed by atoms with E-state index in [4.69, 9.17) is 23.2 Å². The number of urea groups is 1. The van der Waals surface area contributed by atoms with E-state index in [1.807, 2.05) is 35.2 Å². The van der Waals surface area contributed by atoms with Crippen molar-refractivity contribution in [2.45, 2.75) is 52.0 Å². The van der Waals surface area contributed by atoms with E-state index in [9.17, 15) is 4.79 Å². The molecule has 0 aliphatic heterocycles. The van der Waals surface area contributed by atoms with Crippen LogP contribution in [0.25, 0.3) is 0 Å². The van der Waals surface area contributed by atoms with Crippen molar-refractivity contribution in [3.8, 4) is 0 Å². The molecule has 0 aliphatic rings. The SMILES string of the molecule is CCCCCCCCN(Cc1ccccc1)C(=O)Nc1ccc(Cl)c(Cl)c1. The molecule has 0 heterocycles. The number of nitrogens with zero attached hydrogens (tertiary/aromatic N) is 1. The second-order valence-electron chi connectivity index (χ2n) is 6.73. The van der Waals surface area contributed by atoms with Crippen LogP contribution in [0.2, 0.25) is 10.0 Å². The zero-order valence-electron chi connectivity index (χ0n) is 15.9. The van der Waals surface area contributed by atoms with Crippen LogP contribution < -0.4 is 5.32 Å². The number of carbonyl (C=O) groups is 1. The first kappa shape index (κ1) is 21.6. The first-order valence-electron chi connectivity index (χ1n) is 9.65. The molecule has 27 heavy (non-hydrogen) atoms. The Morgan fingerprint density at radius 3 is 2.33 bits per heavy atom. The van der Waals surface area contributed by atoms with Gasteiger partial charge in [0.1, 0.15) is 0 Å². The van der Waals surface area contributed by atoms with Crippen LogP contribution in [0.1, 0.15) is 51.0 Å². The van der Waals surface area contributed by atoms with E-state index in [2.05, 4.69) is 12.2 Å². The average molecular weight is 407 g/mol. The molecule has 0 saturated carbocycles. The molecule has 0 unspecified atom stereocenters. The number of halogens is 2. The van der Waals surface area contributed by atoms with E-state index in [-0.39, 0.29) is 6.03 Å². The zero-order valence-corrected chi connectivity index (χ0v) is 17.4. The van der Waals surface area contributed by atoms with Gasteiger partial charge in [-0.1, -0.05) is 92.6 Å². The van der Waals surface area contributed by atoms with Crippen LogP contribution in [0, 0.1) is 0 Å². The fourth-order valence-corrected chi connectivity index (χ4v) is 3.21. The van der Waals surface area contributed by atoms with Crippen LogP contribution in [0.15, 0.2) is 48.5 Å². The van der Waals surface area contributed by atoms with Gasteiger partial charge in [0.2, 0.25) is 0 Å². The molecule has 0 radical (unpaired) electrons. The molecule has 146 valence electrons. The van der Waals surface area contributed by atoms with Crippen molar-refractivity contribution >= 4 is 34.9 Å². The van der Waals surface area contributed by atoms with E-state index >= 15 is 0 Å². The summed E-state index contributed by atoms with van der Waals surface area (Å²) in [5.41, 5.74) is 1.77. The first-order chi connectivity index (χ1) is 13.1. The largest absolute Gasteiger partial charge is 0.322 e. The van der Waals surface area contributed by atoms with Crippen LogP contribution in [-0.4, -0.2) is 17.5 Å². The summed E-state index contributed by atoms with van der Waals surface area (Å²) in [7, 11) is 0. The van der Waals surface area contributed by atoms with Crippen LogP contribution in [0.4, 0.5) is 10.5 Å². The number of carbonyl (C=O) groups excluding carboxylic acids is 1. The fourth-order valence-electron chi connectivity index (χ4n) is 2.92. The molecule has 2 aromatic rings. The Kier molecular flexibility index (Phi) is 9.51. The summed E-state index contributed by atoms with van der Waals surface area (Å²) < 4.78 is 0. The summed E-state index contributed by atoms with van der Waals surface area (Å²) in [6.07, 6.45) is 7.17. The lowest BCUT2D eigenvalue weighted by Crippen LogP contribution is -2.35. The van der Waals surface area contributed by atoms with Crippen molar-refractivity contribution < 1.29 is 4.79 Å². The second kappa shape index (κ2) is 11.9. The number of anilines is 1. The molecule has 0 atom stereocenters. The lowest BCUT2D eigenvalue weighted by Gasteiger charge is -2.23. The summed E-state index contributed by atoms with van der Waals surface area (Å²) in [6.45, 7) is 3.53. The van der Waals surface area contributed by atoms with Gasteiger partial charge in [0.05, 0.1) is 10.0 Å². The summed E-state index contributed by atoms with van der Waals surface area (Å²) in [5, 5.41) is 3.84. The van der Waals surface area contributed by atoms with Crippen LogP contribution in [-0.2, 0) is 6.54 Å². The van der Waals surface area contributed by atoms with Gasteiger partial charge in [-0.3, -0.25) is 0 Å². The maximum absolute atomic E-state index is 12.8. The minimum atomic E-state index is -0.120. The van der Waals surface area contributed by atoms with Gasteiger partial charge in [-0.05, 0) is 30.2 Å². The van der Waals surface area contributed by atoms with Gasteiger partial charge < -0.3 is 10.2 Å². The minimum absolute atomic E-state index is 0.120. The molecule has 0 aliphatic carbocycles. The Balaban J connectivity index is 1.96. The molecule has 5 heteroatoms. The van der Waals surface area contributed by atoms with E-state index in [0.29, 0.717) is 22.3 Å². The fraction of sp³-hybridized carbons (Fsp3) is 0.409.